The molecule has 1 aromatic rings. The van der Waals surface area contributed by atoms with Gasteiger partial charge in [-0.3, -0.25) is 4.79 Å². The second-order valence-corrected chi connectivity index (χ2v) is 6.30. The fraction of sp³-hybridized carbons (Fsp3) is 0.588. The van der Waals surface area contributed by atoms with Crippen LogP contribution in [0, 0.1) is 11.8 Å². The fourth-order valence-corrected chi connectivity index (χ4v) is 3.02. The summed E-state index contributed by atoms with van der Waals surface area (Å²) in [5, 5.41) is 3.06. The normalized spacial score (nSPS) is 25.8. The van der Waals surface area contributed by atoms with Gasteiger partial charge in [-0.25, -0.2) is 0 Å². The van der Waals surface area contributed by atoms with Gasteiger partial charge < -0.3 is 11.1 Å². The predicted octanol–water partition coefficient (Wildman–Crippen LogP) is 2.80. The highest BCUT2D eigenvalue weighted by Crippen LogP contribution is 2.29. The van der Waals surface area contributed by atoms with Crippen molar-refractivity contribution >= 4 is 5.91 Å². The molecule has 3 heteroatoms. The maximum absolute atomic E-state index is 12.4. The van der Waals surface area contributed by atoms with E-state index in [0.29, 0.717) is 11.8 Å². The van der Waals surface area contributed by atoms with Gasteiger partial charge in [0.1, 0.15) is 5.54 Å². The molecule has 1 saturated carbocycles. The average molecular weight is 274 g/mol. The van der Waals surface area contributed by atoms with E-state index in [4.69, 9.17) is 5.73 Å². The highest BCUT2D eigenvalue weighted by atomic mass is 16.2. The number of benzene rings is 1. The topological polar surface area (TPSA) is 55.1 Å². The number of rotatable bonds is 4. The third-order valence-corrected chi connectivity index (χ3v) is 4.66. The Kier molecular flexibility index (Phi) is 4.81. The summed E-state index contributed by atoms with van der Waals surface area (Å²) < 4.78 is 0. The molecule has 3 atom stereocenters. The van der Waals surface area contributed by atoms with Gasteiger partial charge in [0.25, 0.3) is 0 Å². The van der Waals surface area contributed by atoms with Crippen molar-refractivity contribution in [1.29, 1.82) is 0 Å². The van der Waals surface area contributed by atoms with Gasteiger partial charge in [-0.1, -0.05) is 56.5 Å². The van der Waals surface area contributed by atoms with E-state index >= 15 is 0 Å². The Morgan fingerprint density at radius 1 is 1.30 bits per heavy atom. The van der Waals surface area contributed by atoms with Crippen molar-refractivity contribution in [2.45, 2.75) is 45.1 Å². The van der Waals surface area contributed by atoms with Crippen LogP contribution < -0.4 is 11.1 Å². The van der Waals surface area contributed by atoms with E-state index < -0.39 is 5.54 Å². The first-order valence-electron chi connectivity index (χ1n) is 7.64. The number of nitrogens with one attached hydrogen (secondary N) is 1. The monoisotopic (exact) mass is 274 g/mol. The first-order valence-corrected chi connectivity index (χ1v) is 7.64. The zero-order valence-corrected chi connectivity index (χ0v) is 12.6. The maximum Gasteiger partial charge on any atom is 0.244 e. The molecule has 0 saturated heterocycles. The Labute approximate surface area is 121 Å². The highest BCUT2D eigenvalue weighted by molar-refractivity contribution is 5.86. The highest BCUT2D eigenvalue weighted by Gasteiger charge is 2.31. The largest absolute Gasteiger partial charge is 0.354 e. The standard InChI is InChI=1S/C17H26N2O/c1-13-8-6-7-9-14(13)12-19-16(20)17(2,18)15-10-4-3-5-11-15/h3-5,10-11,13-14H,6-9,12,18H2,1-2H3,(H,19,20). The predicted molar refractivity (Wildman–Crippen MR) is 82.1 cm³/mol. The Morgan fingerprint density at radius 3 is 2.60 bits per heavy atom. The van der Waals surface area contributed by atoms with Crippen LogP contribution in [0.2, 0.25) is 0 Å². The number of hydrogen-bond acceptors (Lipinski definition) is 2. The molecule has 3 unspecified atom stereocenters. The van der Waals surface area contributed by atoms with Gasteiger partial charge in [0, 0.05) is 6.54 Å². The van der Waals surface area contributed by atoms with Crippen molar-refractivity contribution in [2.24, 2.45) is 17.6 Å². The summed E-state index contributed by atoms with van der Waals surface area (Å²) in [6.07, 6.45) is 5.10. The quantitative estimate of drug-likeness (QED) is 0.887. The third-order valence-electron chi connectivity index (χ3n) is 4.66. The first-order chi connectivity index (χ1) is 9.51. The molecule has 1 aromatic carbocycles. The second kappa shape index (κ2) is 6.40. The van der Waals surface area contributed by atoms with E-state index in [2.05, 4.69) is 12.2 Å². The molecule has 1 aliphatic carbocycles. The van der Waals surface area contributed by atoms with Gasteiger partial charge in [0.2, 0.25) is 5.91 Å². The Hall–Kier alpha value is -1.35. The molecule has 1 fully saturated rings. The molecule has 0 bridgehead atoms. The van der Waals surface area contributed by atoms with E-state index in [-0.39, 0.29) is 5.91 Å². The number of carbonyl (C=O) groups excluding carboxylic acids is 1. The molecule has 2 rings (SSSR count). The van der Waals surface area contributed by atoms with Gasteiger partial charge in [-0.15, -0.1) is 0 Å². The van der Waals surface area contributed by atoms with Crippen LogP contribution in [0.3, 0.4) is 0 Å². The lowest BCUT2D eigenvalue weighted by molar-refractivity contribution is -0.126. The Balaban J connectivity index is 1.94. The van der Waals surface area contributed by atoms with Crippen molar-refractivity contribution in [2.75, 3.05) is 6.54 Å². The van der Waals surface area contributed by atoms with Crippen LogP contribution in [0.5, 0.6) is 0 Å². The Bertz CT molecular complexity index is 442. The molecular weight excluding hydrogens is 248 g/mol. The molecule has 1 aliphatic rings. The van der Waals surface area contributed by atoms with E-state index in [0.717, 1.165) is 12.1 Å². The molecule has 0 heterocycles. The summed E-state index contributed by atoms with van der Waals surface area (Å²) >= 11 is 0. The van der Waals surface area contributed by atoms with E-state index in [1.54, 1.807) is 6.92 Å². The van der Waals surface area contributed by atoms with E-state index in [9.17, 15) is 4.79 Å². The van der Waals surface area contributed by atoms with Crippen LogP contribution in [-0.4, -0.2) is 12.5 Å². The minimum Gasteiger partial charge on any atom is -0.354 e. The molecule has 0 aromatic heterocycles. The lowest BCUT2D eigenvalue weighted by Crippen LogP contribution is -2.50. The van der Waals surface area contributed by atoms with Crippen molar-refractivity contribution < 1.29 is 4.79 Å². The first kappa shape index (κ1) is 15.0. The van der Waals surface area contributed by atoms with Gasteiger partial charge in [-0.05, 0) is 30.7 Å². The molecule has 110 valence electrons. The average Bonchev–Trinajstić information content (AvgIpc) is 2.47. The fourth-order valence-electron chi connectivity index (χ4n) is 3.02. The smallest absolute Gasteiger partial charge is 0.244 e. The summed E-state index contributed by atoms with van der Waals surface area (Å²) in [5.74, 6) is 1.21. The van der Waals surface area contributed by atoms with Crippen LogP contribution in [0.4, 0.5) is 0 Å². The minimum atomic E-state index is -0.959. The summed E-state index contributed by atoms with van der Waals surface area (Å²) in [5.41, 5.74) is 6.12. The van der Waals surface area contributed by atoms with E-state index in [1.165, 1.54) is 25.7 Å². The minimum absolute atomic E-state index is 0.0820. The van der Waals surface area contributed by atoms with Gasteiger partial charge in [0.05, 0.1) is 0 Å². The summed E-state index contributed by atoms with van der Waals surface area (Å²) in [6, 6.07) is 9.57. The summed E-state index contributed by atoms with van der Waals surface area (Å²) in [6.45, 7) is 4.82. The van der Waals surface area contributed by atoms with Crippen LogP contribution >= 0.6 is 0 Å². The molecule has 20 heavy (non-hydrogen) atoms. The number of carbonyl (C=O) groups is 1. The van der Waals surface area contributed by atoms with Crippen molar-refractivity contribution in [3.63, 3.8) is 0 Å². The van der Waals surface area contributed by atoms with Gasteiger partial charge >= 0.3 is 0 Å². The van der Waals surface area contributed by atoms with Crippen LogP contribution in [0.15, 0.2) is 30.3 Å². The van der Waals surface area contributed by atoms with Crippen molar-refractivity contribution in [3.05, 3.63) is 35.9 Å². The van der Waals surface area contributed by atoms with Crippen LogP contribution in [0.25, 0.3) is 0 Å². The number of amides is 1. The zero-order chi connectivity index (χ0) is 14.6. The molecule has 0 spiro atoms. The van der Waals surface area contributed by atoms with Crippen molar-refractivity contribution in [3.8, 4) is 0 Å². The molecule has 3 N–H and O–H groups in total. The Morgan fingerprint density at radius 2 is 1.95 bits per heavy atom. The van der Waals surface area contributed by atoms with Crippen LogP contribution in [0.1, 0.15) is 45.1 Å². The third kappa shape index (κ3) is 3.40. The SMILES string of the molecule is CC1CCCCC1CNC(=O)C(C)(N)c1ccccc1. The van der Waals surface area contributed by atoms with Crippen LogP contribution in [-0.2, 0) is 10.3 Å². The molecule has 0 aliphatic heterocycles. The lowest BCUT2D eigenvalue weighted by atomic mass is 9.80. The number of hydrogen-bond donors (Lipinski definition) is 2. The molecule has 1 amide bonds. The summed E-state index contributed by atoms with van der Waals surface area (Å²) in [4.78, 5) is 12.4. The van der Waals surface area contributed by atoms with Gasteiger partial charge in [0.15, 0.2) is 0 Å². The zero-order valence-electron chi connectivity index (χ0n) is 12.6. The number of nitrogens with two attached hydrogens (primary N) is 1. The second-order valence-electron chi connectivity index (χ2n) is 6.30. The van der Waals surface area contributed by atoms with E-state index in [1.807, 2.05) is 30.3 Å². The lowest BCUT2D eigenvalue weighted by Gasteiger charge is -2.31. The molecule has 3 nitrogen and oxygen atoms in total. The molecular formula is C17H26N2O. The maximum atomic E-state index is 12.4. The van der Waals surface area contributed by atoms with Gasteiger partial charge in [-0.2, -0.15) is 0 Å². The van der Waals surface area contributed by atoms with Crippen molar-refractivity contribution in [1.82, 2.24) is 5.32 Å². The summed E-state index contributed by atoms with van der Waals surface area (Å²) in [7, 11) is 0. The molecule has 0 radical (unpaired) electrons.